The number of aliphatic carboxylic acids is 2. The summed E-state index contributed by atoms with van der Waals surface area (Å²) in [7, 11) is 0. The van der Waals surface area contributed by atoms with E-state index in [1.54, 1.807) is 18.2 Å². The number of amides is 1. The number of unbranched alkanes of at least 4 members (excludes halogenated alkanes) is 3. The van der Waals surface area contributed by atoms with E-state index >= 15 is 0 Å². The number of nitrogens with zero attached hydrogens (tertiary/aromatic N) is 1. The molecule has 0 spiro atoms. The van der Waals surface area contributed by atoms with Crippen LogP contribution in [0.2, 0.25) is 0 Å². The molecule has 0 atom stereocenters. The van der Waals surface area contributed by atoms with Crippen molar-refractivity contribution in [3.63, 3.8) is 0 Å². The van der Waals surface area contributed by atoms with Crippen molar-refractivity contribution >= 4 is 40.7 Å². The highest BCUT2D eigenvalue weighted by Crippen LogP contribution is 2.30. The smallest absolute Gasteiger partial charge is 0.414 e. The van der Waals surface area contributed by atoms with Crippen molar-refractivity contribution in [3.8, 4) is 0 Å². The zero-order valence-electron chi connectivity index (χ0n) is 24.7. The summed E-state index contributed by atoms with van der Waals surface area (Å²) in [5, 5.41) is 15.4. The highest BCUT2D eigenvalue weighted by molar-refractivity contribution is 6.27. The SMILES string of the molecule is CCCCc1oc2ccc(C(N)=O)cc2c1C(=O)c1ccc(C=CCN(CCCC)CCCC)cc1.O=C(O)C(=O)O. The molecule has 3 aromatic rings. The summed E-state index contributed by atoms with van der Waals surface area (Å²) in [6, 6.07) is 12.7. The molecule has 9 heteroatoms. The fraction of sp³-hybridized carbons (Fsp3) is 0.394. The predicted molar refractivity (Wildman–Crippen MR) is 164 cm³/mol. The minimum Gasteiger partial charge on any atom is -0.473 e. The molecule has 4 N–H and O–H groups in total. The topological polar surface area (TPSA) is 151 Å². The molecule has 9 nitrogen and oxygen atoms in total. The molecule has 226 valence electrons. The molecule has 0 aliphatic heterocycles. The normalized spacial score (nSPS) is 11.0. The van der Waals surface area contributed by atoms with Gasteiger partial charge in [0.1, 0.15) is 11.3 Å². The average molecular weight is 579 g/mol. The van der Waals surface area contributed by atoms with Gasteiger partial charge in [0.15, 0.2) is 5.78 Å². The van der Waals surface area contributed by atoms with Crippen molar-refractivity contribution in [2.45, 2.75) is 65.7 Å². The van der Waals surface area contributed by atoms with Gasteiger partial charge in [0.05, 0.1) is 5.56 Å². The maximum absolute atomic E-state index is 13.6. The number of nitrogens with two attached hydrogens (primary N) is 1. The number of hydrogen-bond acceptors (Lipinski definition) is 6. The number of fused-ring (bicyclic) bond motifs is 1. The number of carbonyl (C=O) groups is 4. The standard InChI is InChI=1S/C31H40N2O3.C2H2O4/c1-4-7-12-28-29(26-22-25(31(32)35)17-18-27(26)36-28)30(34)24-15-13-23(14-16-24)11-10-21-33(19-8-5-2)20-9-6-3;3-1(4)2(5)6/h10-11,13-18,22H,4-9,12,19-21H2,1-3H3,(H2,32,35);(H,3,4)(H,5,6). The number of aryl methyl sites for hydroxylation is 1. The summed E-state index contributed by atoms with van der Waals surface area (Å²) in [6.07, 6.45) is 11.8. The fourth-order valence-electron chi connectivity index (χ4n) is 4.35. The minimum atomic E-state index is -1.82. The van der Waals surface area contributed by atoms with Gasteiger partial charge in [-0.25, -0.2) is 9.59 Å². The van der Waals surface area contributed by atoms with Gasteiger partial charge in [-0.15, -0.1) is 0 Å². The van der Waals surface area contributed by atoms with Gasteiger partial charge in [-0.05, 0) is 56.1 Å². The van der Waals surface area contributed by atoms with Gasteiger partial charge < -0.3 is 20.4 Å². The lowest BCUT2D eigenvalue weighted by Crippen LogP contribution is -2.26. The molecule has 42 heavy (non-hydrogen) atoms. The van der Waals surface area contributed by atoms with Crippen LogP contribution in [0.4, 0.5) is 0 Å². The minimum absolute atomic E-state index is 0.0951. The molecular formula is C33H42N2O7. The Morgan fingerprint density at radius 2 is 1.40 bits per heavy atom. The van der Waals surface area contributed by atoms with Gasteiger partial charge in [-0.1, -0.05) is 76.5 Å². The maximum atomic E-state index is 13.6. The van der Waals surface area contributed by atoms with E-state index in [1.807, 2.05) is 24.3 Å². The summed E-state index contributed by atoms with van der Waals surface area (Å²) in [5.41, 5.74) is 8.66. The maximum Gasteiger partial charge on any atom is 0.414 e. The molecule has 0 unspecified atom stereocenters. The molecule has 1 amide bonds. The number of ketones is 1. The van der Waals surface area contributed by atoms with E-state index < -0.39 is 17.8 Å². The van der Waals surface area contributed by atoms with Crippen molar-refractivity contribution < 1.29 is 33.8 Å². The summed E-state index contributed by atoms with van der Waals surface area (Å²) >= 11 is 0. The lowest BCUT2D eigenvalue weighted by atomic mass is 9.96. The number of benzene rings is 2. The Labute approximate surface area is 247 Å². The van der Waals surface area contributed by atoms with E-state index in [0.717, 1.165) is 38.0 Å². The second kappa shape index (κ2) is 17.5. The van der Waals surface area contributed by atoms with Crippen LogP contribution in [0, 0.1) is 0 Å². The molecule has 3 rings (SSSR count). The zero-order valence-corrected chi connectivity index (χ0v) is 24.7. The Kier molecular flexibility index (Phi) is 14.2. The molecule has 1 heterocycles. The first kappa shape index (κ1) is 34.0. The predicted octanol–water partition coefficient (Wildman–Crippen LogP) is 6.18. The second-order valence-corrected chi connectivity index (χ2v) is 10.1. The van der Waals surface area contributed by atoms with E-state index in [9.17, 15) is 9.59 Å². The van der Waals surface area contributed by atoms with Crippen LogP contribution in [0.15, 0.2) is 53.0 Å². The van der Waals surface area contributed by atoms with Gasteiger partial charge in [-0.3, -0.25) is 14.5 Å². The second-order valence-electron chi connectivity index (χ2n) is 10.1. The Morgan fingerprint density at radius 3 is 1.93 bits per heavy atom. The first-order valence-corrected chi connectivity index (χ1v) is 14.5. The quantitative estimate of drug-likeness (QED) is 0.143. The number of furan rings is 1. The Hall–Kier alpha value is -4.24. The molecule has 0 fully saturated rings. The van der Waals surface area contributed by atoms with E-state index in [2.05, 4.69) is 37.8 Å². The van der Waals surface area contributed by atoms with E-state index in [1.165, 1.54) is 25.7 Å². The lowest BCUT2D eigenvalue weighted by molar-refractivity contribution is -0.159. The molecule has 2 aromatic carbocycles. The molecule has 0 saturated heterocycles. The van der Waals surface area contributed by atoms with Crippen LogP contribution < -0.4 is 5.73 Å². The highest BCUT2D eigenvalue weighted by Gasteiger charge is 2.22. The third-order valence-corrected chi connectivity index (χ3v) is 6.72. The first-order chi connectivity index (χ1) is 20.1. The largest absolute Gasteiger partial charge is 0.473 e. The number of carboxylic acid groups (broad SMARTS) is 2. The van der Waals surface area contributed by atoms with E-state index in [4.69, 9.17) is 30.0 Å². The van der Waals surface area contributed by atoms with Crippen molar-refractivity contribution in [3.05, 3.63) is 76.6 Å². The first-order valence-electron chi connectivity index (χ1n) is 14.5. The molecule has 0 radical (unpaired) electrons. The monoisotopic (exact) mass is 578 g/mol. The van der Waals surface area contributed by atoms with Crippen LogP contribution in [-0.4, -0.2) is 58.4 Å². The highest BCUT2D eigenvalue weighted by atomic mass is 16.4. The Balaban J connectivity index is 0.000000928. The van der Waals surface area contributed by atoms with Crippen LogP contribution in [0.3, 0.4) is 0 Å². The van der Waals surface area contributed by atoms with Crippen LogP contribution in [0.1, 0.15) is 96.9 Å². The summed E-state index contributed by atoms with van der Waals surface area (Å²) in [4.78, 5) is 46.0. The fourth-order valence-corrected chi connectivity index (χ4v) is 4.35. The summed E-state index contributed by atoms with van der Waals surface area (Å²) < 4.78 is 6.04. The number of rotatable bonds is 15. The number of hydrogen-bond donors (Lipinski definition) is 3. The molecule has 0 aliphatic rings. The zero-order chi connectivity index (χ0) is 31.1. The van der Waals surface area contributed by atoms with E-state index in [-0.39, 0.29) is 5.78 Å². The Morgan fingerprint density at radius 1 is 0.833 bits per heavy atom. The van der Waals surface area contributed by atoms with Crippen LogP contribution in [-0.2, 0) is 16.0 Å². The lowest BCUT2D eigenvalue weighted by Gasteiger charge is -2.19. The van der Waals surface area contributed by atoms with Gasteiger partial charge in [0.25, 0.3) is 0 Å². The molecule has 0 bridgehead atoms. The Bertz CT molecular complexity index is 1350. The molecule has 1 aromatic heterocycles. The van der Waals surface area contributed by atoms with E-state index in [0.29, 0.717) is 39.8 Å². The van der Waals surface area contributed by atoms with Crippen molar-refractivity contribution in [1.82, 2.24) is 4.90 Å². The number of carbonyl (C=O) groups excluding carboxylic acids is 2. The summed E-state index contributed by atoms with van der Waals surface area (Å²) in [5.74, 6) is -3.60. The van der Waals surface area contributed by atoms with Crippen molar-refractivity contribution in [1.29, 1.82) is 0 Å². The molecular weight excluding hydrogens is 536 g/mol. The van der Waals surface area contributed by atoms with Crippen LogP contribution in [0.5, 0.6) is 0 Å². The third-order valence-electron chi connectivity index (χ3n) is 6.72. The van der Waals surface area contributed by atoms with Gasteiger partial charge in [0, 0.05) is 29.5 Å². The molecule has 0 aliphatic carbocycles. The van der Waals surface area contributed by atoms with Crippen molar-refractivity contribution in [2.24, 2.45) is 5.73 Å². The number of carboxylic acids is 2. The van der Waals surface area contributed by atoms with Gasteiger partial charge >= 0.3 is 11.9 Å². The van der Waals surface area contributed by atoms with Gasteiger partial charge in [0.2, 0.25) is 5.91 Å². The van der Waals surface area contributed by atoms with Gasteiger partial charge in [-0.2, -0.15) is 0 Å². The number of primary amides is 1. The summed E-state index contributed by atoms with van der Waals surface area (Å²) in [6.45, 7) is 9.76. The van der Waals surface area contributed by atoms with Crippen LogP contribution in [0.25, 0.3) is 17.0 Å². The van der Waals surface area contributed by atoms with Crippen molar-refractivity contribution in [2.75, 3.05) is 19.6 Å². The third kappa shape index (κ3) is 10.3. The van der Waals surface area contributed by atoms with Crippen LogP contribution >= 0.6 is 0 Å². The molecule has 0 saturated carbocycles. The average Bonchev–Trinajstić information content (AvgIpc) is 3.34.